The van der Waals surface area contributed by atoms with Gasteiger partial charge in [-0.3, -0.25) is 9.89 Å². The van der Waals surface area contributed by atoms with Gasteiger partial charge >= 0.3 is 0 Å². The van der Waals surface area contributed by atoms with E-state index < -0.39 is 30.0 Å². The molecule has 0 bridgehead atoms. The van der Waals surface area contributed by atoms with Crippen molar-refractivity contribution in [3.63, 3.8) is 0 Å². The largest absolute Gasteiger partial charge is 0.391 e. The fourth-order valence-electron chi connectivity index (χ4n) is 3.50. The average molecular weight is 438 g/mol. The molecule has 12 heteroatoms. The highest BCUT2D eigenvalue weighted by Crippen LogP contribution is 2.29. The van der Waals surface area contributed by atoms with E-state index in [0.29, 0.717) is 10.9 Å². The second-order valence-corrected chi connectivity index (χ2v) is 7.53. The van der Waals surface area contributed by atoms with Gasteiger partial charge < -0.3 is 15.3 Å². The molecule has 0 radical (unpaired) electrons. The fourth-order valence-corrected chi connectivity index (χ4v) is 3.66. The van der Waals surface area contributed by atoms with Crippen LogP contribution in [-0.4, -0.2) is 66.4 Å². The van der Waals surface area contributed by atoms with Crippen LogP contribution in [-0.2, 0) is 6.54 Å². The van der Waals surface area contributed by atoms with Gasteiger partial charge in [0.2, 0.25) is 0 Å². The number of fused-ring (bicyclic) bond motifs is 1. The fraction of sp³-hybridized carbons (Fsp3) is 0.389. The zero-order valence-corrected chi connectivity index (χ0v) is 16.6. The summed E-state index contributed by atoms with van der Waals surface area (Å²) >= 11 is 5.99. The van der Waals surface area contributed by atoms with Crippen LogP contribution in [0.1, 0.15) is 28.9 Å². The number of hydrogen-bond acceptors (Lipinski definition) is 7. The number of hydrogen-bond donors (Lipinski definition) is 3. The van der Waals surface area contributed by atoms with Gasteiger partial charge in [0.1, 0.15) is 35.0 Å². The van der Waals surface area contributed by atoms with Crippen molar-refractivity contribution in [3.8, 4) is 0 Å². The number of H-pyrrole nitrogens is 1. The van der Waals surface area contributed by atoms with Gasteiger partial charge in [-0.1, -0.05) is 11.6 Å². The monoisotopic (exact) mass is 437 g/mol. The molecule has 0 unspecified atom stereocenters. The third-order valence-electron chi connectivity index (χ3n) is 4.99. The molecule has 158 valence electrons. The molecule has 3 heterocycles. The highest BCUT2D eigenvalue weighted by molar-refractivity contribution is 6.30. The molecule has 9 nitrogen and oxygen atoms in total. The summed E-state index contributed by atoms with van der Waals surface area (Å²) in [6.07, 6.45) is 0.422. The van der Waals surface area contributed by atoms with Crippen LogP contribution in [0.25, 0.3) is 11.0 Å². The molecule has 0 saturated heterocycles. The number of aromatic amines is 1. The molecule has 1 amide bonds. The van der Waals surface area contributed by atoms with Crippen LogP contribution >= 0.6 is 11.6 Å². The Labute approximate surface area is 174 Å². The molecular formula is C18H18ClF2N7O2. The van der Waals surface area contributed by atoms with Gasteiger partial charge in [-0.2, -0.15) is 5.10 Å². The summed E-state index contributed by atoms with van der Waals surface area (Å²) in [7, 11) is 1.52. The first kappa shape index (κ1) is 20.4. The summed E-state index contributed by atoms with van der Waals surface area (Å²) in [5, 5.41) is 20.1. The van der Waals surface area contributed by atoms with E-state index in [9.17, 15) is 18.7 Å². The Kier molecular flexibility index (Phi) is 5.48. The number of nitrogens with zero attached hydrogens (tertiary/aromatic N) is 5. The van der Waals surface area contributed by atoms with Crippen molar-refractivity contribution in [2.45, 2.75) is 37.7 Å². The summed E-state index contributed by atoms with van der Waals surface area (Å²) in [5.41, 5.74) is 0.674. The van der Waals surface area contributed by atoms with Gasteiger partial charge in [0.05, 0.1) is 23.7 Å². The lowest BCUT2D eigenvalue weighted by atomic mass is 10.2. The molecular weight excluding hydrogens is 420 g/mol. The second-order valence-electron chi connectivity index (χ2n) is 7.17. The molecule has 1 fully saturated rings. The SMILES string of the molecule is CN(Cc1cc(F)cnc1Cl)C(=O)c1[nH]nc2ncnc(N[C@@H]3C[C@@H](F)C[C@H]3O)c12. The van der Waals surface area contributed by atoms with Crippen molar-refractivity contribution in [1.82, 2.24) is 30.0 Å². The maximum Gasteiger partial charge on any atom is 0.272 e. The van der Waals surface area contributed by atoms with Crippen LogP contribution in [0.5, 0.6) is 0 Å². The van der Waals surface area contributed by atoms with Gasteiger partial charge in [0.15, 0.2) is 5.65 Å². The quantitative estimate of drug-likeness (QED) is 0.523. The number of rotatable bonds is 5. The number of aromatic nitrogens is 5. The minimum absolute atomic E-state index is 0.00423. The minimum atomic E-state index is -1.11. The summed E-state index contributed by atoms with van der Waals surface area (Å²) in [4.78, 5) is 26.3. The van der Waals surface area contributed by atoms with E-state index in [4.69, 9.17) is 11.6 Å². The first-order chi connectivity index (χ1) is 14.3. The van der Waals surface area contributed by atoms with Crippen LogP contribution < -0.4 is 5.32 Å². The number of nitrogens with one attached hydrogen (secondary N) is 2. The molecule has 30 heavy (non-hydrogen) atoms. The lowest BCUT2D eigenvalue weighted by molar-refractivity contribution is 0.0781. The average Bonchev–Trinajstić information content (AvgIpc) is 3.27. The van der Waals surface area contributed by atoms with E-state index in [1.165, 1.54) is 24.3 Å². The van der Waals surface area contributed by atoms with E-state index in [0.717, 1.165) is 6.20 Å². The maximum atomic E-state index is 13.6. The summed E-state index contributed by atoms with van der Waals surface area (Å²) in [5.74, 6) is -0.775. The molecule has 4 rings (SSSR count). The Morgan fingerprint density at radius 2 is 2.20 bits per heavy atom. The van der Waals surface area contributed by atoms with Gasteiger partial charge in [0.25, 0.3) is 5.91 Å². The zero-order chi connectivity index (χ0) is 21.4. The molecule has 3 atom stereocenters. The van der Waals surface area contributed by atoms with Crippen LogP contribution in [0.4, 0.5) is 14.6 Å². The number of carbonyl (C=O) groups is 1. The van der Waals surface area contributed by atoms with Gasteiger partial charge in [0, 0.05) is 32.0 Å². The van der Waals surface area contributed by atoms with Gasteiger partial charge in [-0.15, -0.1) is 0 Å². The molecule has 0 aromatic carbocycles. The highest BCUT2D eigenvalue weighted by atomic mass is 35.5. The lowest BCUT2D eigenvalue weighted by Crippen LogP contribution is -2.29. The van der Waals surface area contributed by atoms with E-state index in [2.05, 4.69) is 30.5 Å². The van der Waals surface area contributed by atoms with Crippen LogP contribution in [0.2, 0.25) is 5.15 Å². The van der Waals surface area contributed by atoms with Crippen molar-refractivity contribution in [1.29, 1.82) is 0 Å². The second kappa shape index (κ2) is 8.07. The van der Waals surface area contributed by atoms with E-state index in [1.54, 1.807) is 0 Å². The topological polar surface area (TPSA) is 120 Å². The third kappa shape index (κ3) is 3.90. The van der Waals surface area contributed by atoms with Crippen molar-refractivity contribution in [2.24, 2.45) is 0 Å². The highest BCUT2D eigenvalue weighted by Gasteiger charge is 2.34. The number of pyridine rings is 1. The van der Waals surface area contributed by atoms with E-state index in [1.807, 2.05) is 0 Å². The number of carbonyl (C=O) groups excluding carboxylic acids is 1. The van der Waals surface area contributed by atoms with Crippen LogP contribution in [0, 0.1) is 5.82 Å². The van der Waals surface area contributed by atoms with Crippen molar-refractivity contribution in [3.05, 3.63) is 40.8 Å². The van der Waals surface area contributed by atoms with Crippen LogP contribution in [0.15, 0.2) is 18.6 Å². The lowest BCUT2D eigenvalue weighted by Gasteiger charge is -2.19. The first-order valence-corrected chi connectivity index (χ1v) is 9.54. The first-order valence-electron chi connectivity index (χ1n) is 9.16. The Morgan fingerprint density at radius 1 is 1.40 bits per heavy atom. The van der Waals surface area contributed by atoms with Gasteiger partial charge in [-0.05, 0) is 6.07 Å². The Morgan fingerprint density at radius 3 is 2.93 bits per heavy atom. The summed E-state index contributed by atoms with van der Waals surface area (Å²) < 4.78 is 27.1. The number of halogens is 3. The standard InChI is InChI=1S/C18H18ClF2N7O2/c1-28(6-8-2-10(21)5-22-15(8)19)18(30)14-13-16(23-7-24-17(13)27-26-14)25-11-3-9(20)4-12(11)29/h2,5,7,9,11-12,29H,3-4,6H2,1H3,(H2,23,24,25,26,27)/t9-,11-,12-/m1/s1. The number of anilines is 1. The van der Waals surface area contributed by atoms with Crippen LogP contribution in [0.3, 0.4) is 0 Å². The minimum Gasteiger partial charge on any atom is -0.391 e. The molecule has 3 aromatic heterocycles. The predicted molar refractivity (Wildman–Crippen MR) is 104 cm³/mol. The van der Waals surface area contributed by atoms with E-state index >= 15 is 0 Å². The van der Waals surface area contributed by atoms with Crippen molar-refractivity contribution < 1.29 is 18.7 Å². The number of amides is 1. The maximum absolute atomic E-state index is 13.6. The van der Waals surface area contributed by atoms with Gasteiger partial charge in [-0.25, -0.2) is 23.7 Å². The summed E-state index contributed by atoms with van der Waals surface area (Å²) in [6.45, 7) is 0.00423. The van der Waals surface area contributed by atoms with Crippen molar-refractivity contribution >= 4 is 34.4 Å². The third-order valence-corrected chi connectivity index (χ3v) is 5.33. The molecule has 1 aliphatic rings. The van der Waals surface area contributed by atoms with Crippen molar-refractivity contribution in [2.75, 3.05) is 12.4 Å². The smallest absolute Gasteiger partial charge is 0.272 e. The molecule has 1 saturated carbocycles. The molecule has 0 spiro atoms. The Hall–Kier alpha value is -2.92. The Balaban J connectivity index is 1.62. The molecule has 1 aliphatic carbocycles. The normalized spacial score (nSPS) is 21.2. The molecule has 0 aliphatic heterocycles. The van der Waals surface area contributed by atoms with E-state index in [-0.39, 0.29) is 41.7 Å². The summed E-state index contributed by atoms with van der Waals surface area (Å²) in [6, 6.07) is 0.653. The Bertz CT molecular complexity index is 1100. The molecule has 3 aromatic rings. The number of aliphatic hydroxyl groups excluding tert-OH is 1. The number of alkyl halides is 1. The number of aliphatic hydroxyl groups is 1. The zero-order valence-electron chi connectivity index (χ0n) is 15.8. The predicted octanol–water partition coefficient (Wildman–Crippen LogP) is 2.09. The molecule has 3 N–H and O–H groups in total.